The fourth-order valence-electron chi connectivity index (χ4n) is 1.92. The van der Waals surface area contributed by atoms with Gasteiger partial charge in [-0.1, -0.05) is 30.3 Å². The van der Waals surface area contributed by atoms with Gasteiger partial charge in [-0.15, -0.1) is 0 Å². The molecule has 0 aliphatic rings. The molecule has 112 valence electrons. The minimum atomic E-state index is -0.994. The molecule has 0 fully saturated rings. The van der Waals surface area contributed by atoms with Crippen molar-refractivity contribution in [3.63, 3.8) is 0 Å². The van der Waals surface area contributed by atoms with Gasteiger partial charge in [-0.3, -0.25) is 4.79 Å². The Bertz CT molecular complexity index is 414. The largest absolute Gasteiger partial charge is 0.466 e. The summed E-state index contributed by atoms with van der Waals surface area (Å²) in [5, 5.41) is 10.3. The first-order chi connectivity index (χ1) is 9.39. The van der Waals surface area contributed by atoms with Crippen molar-refractivity contribution < 1.29 is 19.4 Å². The number of esters is 1. The molecule has 0 spiro atoms. The van der Waals surface area contributed by atoms with Crippen LogP contribution in [0.2, 0.25) is 0 Å². The van der Waals surface area contributed by atoms with Gasteiger partial charge in [-0.05, 0) is 33.3 Å². The molecule has 1 aromatic carbocycles. The highest BCUT2D eigenvalue weighted by molar-refractivity contribution is 5.76. The summed E-state index contributed by atoms with van der Waals surface area (Å²) in [4.78, 5) is 11.8. The smallest absolute Gasteiger partial charge is 0.314 e. The van der Waals surface area contributed by atoms with Gasteiger partial charge >= 0.3 is 5.97 Å². The summed E-state index contributed by atoms with van der Waals surface area (Å²) in [7, 11) is 0. The van der Waals surface area contributed by atoms with Gasteiger partial charge in [0.25, 0.3) is 0 Å². The van der Waals surface area contributed by atoms with Crippen LogP contribution in [-0.4, -0.2) is 29.9 Å². The van der Waals surface area contributed by atoms with E-state index in [9.17, 15) is 9.90 Å². The highest BCUT2D eigenvalue weighted by Gasteiger charge is 2.40. The molecule has 0 heterocycles. The van der Waals surface area contributed by atoms with Crippen LogP contribution in [0.25, 0.3) is 0 Å². The summed E-state index contributed by atoms with van der Waals surface area (Å²) >= 11 is 0. The fourth-order valence-corrected chi connectivity index (χ4v) is 1.92. The second kappa shape index (κ2) is 7.41. The second-order valence-electron chi connectivity index (χ2n) is 5.39. The molecule has 4 heteroatoms. The van der Waals surface area contributed by atoms with E-state index >= 15 is 0 Å². The van der Waals surface area contributed by atoms with Crippen LogP contribution in [0.3, 0.4) is 0 Å². The summed E-state index contributed by atoms with van der Waals surface area (Å²) in [6.45, 7) is 7.53. The zero-order valence-corrected chi connectivity index (χ0v) is 12.6. The molecule has 20 heavy (non-hydrogen) atoms. The van der Waals surface area contributed by atoms with Crippen molar-refractivity contribution in [2.45, 2.75) is 46.5 Å². The Kier molecular flexibility index (Phi) is 6.17. The summed E-state index contributed by atoms with van der Waals surface area (Å²) in [5.41, 5.74) is 0.0343. The third-order valence-electron chi connectivity index (χ3n) is 3.34. The van der Waals surface area contributed by atoms with Gasteiger partial charge < -0.3 is 14.6 Å². The molecule has 0 bridgehead atoms. The maximum absolute atomic E-state index is 11.8. The van der Waals surface area contributed by atoms with E-state index < -0.39 is 23.6 Å². The molecular formula is C16H24O4. The van der Waals surface area contributed by atoms with E-state index in [1.54, 1.807) is 27.7 Å². The number of carbonyl (C=O) groups is 1. The SMILES string of the molecule is CCOC(=O)C(C)(C)[C@@H](O)[C@@H](C)OCc1ccccc1. The van der Waals surface area contributed by atoms with Gasteiger partial charge in [0, 0.05) is 0 Å². The van der Waals surface area contributed by atoms with Gasteiger partial charge in [-0.2, -0.15) is 0 Å². The van der Waals surface area contributed by atoms with E-state index in [1.807, 2.05) is 30.3 Å². The van der Waals surface area contributed by atoms with Crippen LogP contribution in [0.15, 0.2) is 30.3 Å². The fraction of sp³-hybridized carbons (Fsp3) is 0.562. The molecule has 1 rings (SSSR count). The first kappa shape index (κ1) is 16.7. The molecule has 1 aromatic rings. The minimum Gasteiger partial charge on any atom is -0.466 e. The Morgan fingerprint density at radius 1 is 1.30 bits per heavy atom. The van der Waals surface area contributed by atoms with Gasteiger partial charge in [0.1, 0.15) is 0 Å². The number of aliphatic hydroxyl groups is 1. The molecule has 0 aromatic heterocycles. The lowest BCUT2D eigenvalue weighted by molar-refractivity contribution is -0.167. The molecule has 0 aliphatic carbocycles. The lowest BCUT2D eigenvalue weighted by atomic mass is 9.84. The van der Waals surface area contributed by atoms with Crippen molar-refractivity contribution in [1.82, 2.24) is 0 Å². The topological polar surface area (TPSA) is 55.8 Å². The summed E-state index contributed by atoms with van der Waals surface area (Å²) in [6.07, 6.45) is -1.39. The molecule has 0 saturated carbocycles. The third-order valence-corrected chi connectivity index (χ3v) is 3.34. The molecule has 0 radical (unpaired) electrons. The molecule has 2 atom stereocenters. The van der Waals surface area contributed by atoms with Crippen LogP contribution in [0.4, 0.5) is 0 Å². The molecule has 0 amide bonds. The zero-order valence-electron chi connectivity index (χ0n) is 12.6. The number of carbonyl (C=O) groups excluding carboxylic acids is 1. The Morgan fingerprint density at radius 3 is 2.45 bits per heavy atom. The Labute approximate surface area is 120 Å². The molecule has 0 aliphatic heterocycles. The van der Waals surface area contributed by atoms with Crippen molar-refractivity contribution in [2.75, 3.05) is 6.61 Å². The lowest BCUT2D eigenvalue weighted by Gasteiger charge is -2.32. The highest BCUT2D eigenvalue weighted by atomic mass is 16.5. The molecular weight excluding hydrogens is 256 g/mol. The number of hydrogen-bond acceptors (Lipinski definition) is 4. The second-order valence-corrected chi connectivity index (χ2v) is 5.39. The average Bonchev–Trinajstić information content (AvgIpc) is 2.45. The van der Waals surface area contributed by atoms with Gasteiger partial charge in [0.2, 0.25) is 0 Å². The van der Waals surface area contributed by atoms with Gasteiger partial charge in [0.15, 0.2) is 0 Å². The first-order valence-electron chi connectivity index (χ1n) is 6.90. The molecule has 0 unspecified atom stereocenters. The quantitative estimate of drug-likeness (QED) is 0.780. The monoisotopic (exact) mass is 280 g/mol. The zero-order chi connectivity index (χ0) is 15.2. The number of rotatable bonds is 7. The van der Waals surface area contributed by atoms with Gasteiger partial charge in [0.05, 0.1) is 30.8 Å². The number of hydrogen-bond donors (Lipinski definition) is 1. The summed E-state index contributed by atoms with van der Waals surface area (Å²) < 4.78 is 10.6. The predicted octanol–water partition coefficient (Wildman–Crippen LogP) is 2.54. The Balaban J connectivity index is 2.57. The van der Waals surface area contributed by atoms with Gasteiger partial charge in [-0.25, -0.2) is 0 Å². The van der Waals surface area contributed by atoms with Crippen LogP contribution in [-0.2, 0) is 20.9 Å². The summed E-state index contributed by atoms with van der Waals surface area (Å²) in [6, 6.07) is 9.71. The van der Waals surface area contributed by atoms with Crippen LogP contribution >= 0.6 is 0 Å². The van der Waals surface area contributed by atoms with Crippen molar-refractivity contribution in [2.24, 2.45) is 5.41 Å². The Hall–Kier alpha value is -1.39. The number of benzene rings is 1. The van der Waals surface area contributed by atoms with E-state index in [0.29, 0.717) is 13.2 Å². The number of ether oxygens (including phenoxy) is 2. The summed E-state index contributed by atoms with van der Waals surface area (Å²) in [5.74, 6) is -0.414. The van der Waals surface area contributed by atoms with E-state index in [1.165, 1.54) is 0 Å². The third kappa shape index (κ3) is 4.32. The Morgan fingerprint density at radius 2 is 1.90 bits per heavy atom. The maximum Gasteiger partial charge on any atom is 0.314 e. The minimum absolute atomic E-state index is 0.300. The average molecular weight is 280 g/mol. The van der Waals surface area contributed by atoms with E-state index in [2.05, 4.69) is 0 Å². The lowest BCUT2D eigenvalue weighted by Crippen LogP contribution is -2.45. The number of aliphatic hydroxyl groups excluding tert-OH is 1. The predicted molar refractivity (Wildman–Crippen MR) is 77.1 cm³/mol. The normalized spacial score (nSPS) is 14.7. The van der Waals surface area contributed by atoms with Crippen LogP contribution in [0, 0.1) is 5.41 Å². The molecule has 1 N–H and O–H groups in total. The highest BCUT2D eigenvalue weighted by Crippen LogP contribution is 2.26. The molecule has 4 nitrogen and oxygen atoms in total. The standard InChI is InChI=1S/C16H24O4/c1-5-19-15(18)16(3,4)14(17)12(2)20-11-13-9-7-6-8-10-13/h6-10,12,14,17H,5,11H2,1-4H3/t12-,14+/m1/s1. The van der Waals surface area contributed by atoms with Crippen LogP contribution < -0.4 is 0 Å². The van der Waals surface area contributed by atoms with Crippen LogP contribution in [0.5, 0.6) is 0 Å². The molecule has 0 saturated heterocycles. The van der Waals surface area contributed by atoms with Crippen molar-refractivity contribution in [3.05, 3.63) is 35.9 Å². The van der Waals surface area contributed by atoms with E-state index in [0.717, 1.165) is 5.56 Å². The maximum atomic E-state index is 11.8. The first-order valence-corrected chi connectivity index (χ1v) is 6.90. The van der Waals surface area contributed by atoms with E-state index in [4.69, 9.17) is 9.47 Å². The van der Waals surface area contributed by atoms with E-state index in [-0.39, 0.29) is 0 Å². The van der Waals surface area contributed by atoms with Crippen molar-refractivity contribution in [3.8, 4) is 0 Å². The van der Waals surface area contributed by atoms with Crippen molar-refractivity contribution in [1.29, 1.82) is 0 Å². The van der Waals surface area contributed by atoms with Crippen LogP contribution in [0.1, 0.15) is 33.3 Å². The van der Waals surface area contributed by atoms with Crippen molar-refractivity contribution >= 4 is 5.97 Å².